The van der Waals surface area contributed by atoms with Crippen LogP contribution in [0.5, 0.6) is 0 Å². The second-order valence-corrected chi connectivity index (χ2v) is 5.63. The Kier molecular flexibility index (Phi) is 4.52. The lowest BCUT2D eigenvalue weighted by Crippen LogP contribution is -2.51. The summed E-state index contributed by atoms with van der Waals surface area (Å²) in [7, 11) is 5.32. The van der Waals surface area contributed by atoms with E-state index in [9.17, 15) is 9.59 Å². The van der Waals surface area contributed by atoms with Crippen molar-refractivity contribution in [2.24, 2.45) is 7.05 Å². The van der Waals surface area contributed by atoms with Crippen LogP contribution in [-0.2, 0) is 11.8 Å². The van der Waals surface area contributed by atoms with Crippen LogP contribution in [0.2, 0.25) is 0 Å². The Balaban J connectivity index is 1.90. The molecule has 0 bridgehead atoms. The summed E-state index contributed by atoms with van der Waals surface area (Å²) in [5.41, 5.74) is 6.91. The van der Waals surface area contributed by atoms with Gasteiger partial charge in [0.05, 0.1) is 12.2 Å². The molecule has 1 aromatic rings. The zero-order valence-corrected chi connectivity index (χ0v) is 12.9. The van der Waals surface area contributed by atoms with Crippen molar-refractivity contribution in [3.63, 3.8) is 0 Å². The largest absolute Gasteiger partial charge is 0.397 e. The Morgan fingerprint density at radius 2 is 1.86 bits per heavy atom. The monoisotopic (exact) mass is 293 g/mol. The fourth-order valence-corrected chi connectivity index (χ4v) is 2.41. The van der Waals surface area contributed by atoms with Crippen LogP contribution < -0.4 is 5.73 Å². The quantitative estimate of drug-likeness (QED) is 0.812. The molecule has 1 aliphatic rings. The second-order valence-electron chi connectivity index (χ2n) is 5.63. The summed E-state index contributed by atoms with van der Waals surface area (Å²) in [5, 5.41) is 0. The van der Waals surface area contributed by atoms with Crippen molar-refractivity contribution in [2.45, 2.75) is 0 Å². The Morgan fingerprint density at radius 1 is 1.24 bits per heavy atom. The molecule has 1 aromatic heterocycles. The number of piperazine rings is 1. The minimum absolute atomic E-state index is 0.00668. The number of nitrogens with two attached hydrogens (primary N) is 1. The molecule has 2 N–H and O–H groups in total. The number of nitrogens with zero attached hydrogens (tertiary/aromatic N) is 4. The van der Waals surface area contributed by atoms with Gasteiger partial charge in [-0.2, -0.15) is 0 Å². The molecule has 21 heavy (non-hydrogen) atoms. The molecule has 1 aliphatic heterocycles. The van der Waals surface area contributed by atoms with Gasteiger partial charge in [0, 0.05) is 53.5 Å². The normalized spacial score (nSPS) is 16.0. The molecule has 1 saturated heterocycles. The maximum absolute atomic E-state index is 12.4. The minimum Gasteiger partial charge on any atom is -0.397 e. The van der Waals surface area contributed by atoms with Crippen LogP contribution in [0.3, 0.4) is 0 Å². The highest BCUT2D eigenvalue weighted by molar-refractivity contribution is 5.94. The molecule has 0 aliphatic carbocycles. The Labute approximate surface area is 124 Å². The molecular weight excluding hydrogens is 270 g/mol. The highest BCUT2D eigenvalue weighted by Gasteiger charge is 2.25. The first-order chi connectivity index (χ1) is 9.88. The number of likely N-dealkylation sites (N-methyl/N-ethyl adjacent to an activating group) is 1. The van der Waals surface area contributed by atoms with Gasteiger partial charge in [-0.3, -0.25) is 14.5 Å². The Morgan fingerprint density at radius 3 is 2.33 bits per heavy atom. The first-order valence-electron chi connectivity index (χ1n) is 7.02. The standard InChI is InChI=1S/C14H23N5O2/c1-16(2)13(20)10-18-4-6-19(7-5-18)14(21)12-8-11(15)9-17(12)3/h8-9H,4-7,10,15H2,1-3H3. The molecule has 7 heteroatoms. The van der Waals surface area contributed by atoms with E-state index in [0.29, 0.717) is 44.1 Å². The van der Waals surface area contributed by atoms with E-state index < -0.39 is 0 Å². The van der Waals surface area contributed by atoms with Crippen LogP contribution in [0.1, 0.15) is 10.5 Å². The summed E-state index contributed by atoms with van der Waals surface area (Å²) >= 11 is 0. The maximum atomic E-state index is 12.4. The first kappa shape index (κ1) is 15.4. The summed E-state index contributed by atoms with van der Waals surface area (Å²) < 4.78 is 1.75. The predicted octanol–water partition coefficient (Wildman–Crippen LogP) is -0.547. The van der Waals surface area contributed by atoms with E-state index in [-0.39, 0.29) is 11.8 Å². The van der Waals surface area contributed by atoms with E-state index in [2.05, 4.69) is 4.90 Å². The lowest BCUT2D eigenvalue weighted by atomic mass is 10.2. The van der Waals surface area contributed by atoms with Gasteiger partial charge in [0.15, 0.2) is 0 Å². The van der Waals surface area contributed by atoms with Gasteiger partial charge >= 0.3 is 0 Å². The lowest BCUT2D eigenvalue weighted by Gasteiger charge is -2.34. The van der Waals surface area contributed by atoms with Gasteiger partial charge in [0.2, 0.25) is 5.91 Å². The molecule has 2 rings (SSSR count). The number of carbonyl (C=O) groups excluding carboxylic acids is 2. The van der Waals surface area contributed by atoms with Gasteiger partial charge in [-0.1, -0.05) is 0 Å². The number of amides is 2. The topological polar surface area (TPSA) is 74.8 Å². The molecule has 7 nitrogen and oxygen atoms in total. The van der Waals surface area contributed by atoms with Crippen molar-refractivity contribution in [1.29, 1.82) is 0 Å². The van der Waals surface area contributed by atoms with E-state index in [1.54, 1.807) is 35.8 Å². The van der Waals surface area contributed by atoms with Gasteiger partial charge in [0.1, 0.15) is 5.69 Å². The van der Waals surface area contributed by atoms with E-state index in [4.69, 9.17) is 5.73 Å². The van der Waals surface area contributed by atoms with Gasteiger partial charge < -0.3 is 20.1 Å². The van der Waals surface area contributed by atoms with Gasteiger partial charge in [-0.05, 0) is 6.07 Å². The smallest absolute Gasteiger partial charge is 0.270 e. The number of anilines is 1. The lowest BCUT2D eigenvalue weighted by molar-refractivity contribution is -0.130. The maximum Gasteiger partial charge on any atom is 0.270 e. The zero-order chi connectivity index (χ0) is 15.6. The van der Waals surface area contributed by atoms with Gasteiger partial charge in [0.25, 0.3) is 5.91 Å². The third kappa shape index (κ3) is 3.55. The van der Waals surface area contributed by atoms with Crippen molar-refractivity contribution in [3.05, 3.63) is 18.0 Å². The van der Waals surface area contributed by atoms with Crippen LogP contribution >= 0.6 is 0 Å². The van der Waals surface area contributed by atoms with Crippen molar-refractivity contribution < 1.29 is 9.59 Å². The number of rotatable bonds is 3. The van der Waals surface area contributed by atoms with Crippen LogP contribution in [0.4, 0.5) is 5.69 Å². The number of hydrogen-bond donors (Lipinski definition) is 1. The Bertz CT molecular complexity index is 529. The van der Waals surface area contributed by atoms with Crippen LogP contribution in [0.25, 0.3) is 0 Å². The number of aromatic nitrogens is 1. The second kappa shape index (κ2) is 6.17. The van der Waals surface area contributed by atoms with Crippen LogP contribution in [0.15, 0.2) is 12.3 Å². The third-order valence-corrected chi connectivity index (χ3v) is 3.76. The molecular formula is C14H23N5O2. The number of aryl methyl sites for hydroxylation is 1. The molecule has 2 heterocycles. The molecule has 0 radical (unpaired) electrons. The highest BCUT2D eigenvalue weighted by atomic mass is 16.2. The summed E-state index contributed by atoms with van der Waals surface area (Å²) in [6, 6.07) is 1.70. The molecule has 0 spiro atoms. The minimum atomic E-state index is -0.00668. The molecule has 116 valence electrons. The van der Waals surface area contributed by atoms with Gasteiger partial charge in [-0.25, -0.2) is 0 Å². The van der Waals surface area contributed by atoms with E-state index in [1.807, 2.05) is 11.9 Å². The van der Waals surface area contributed by atoms with Crippen molar-refractivity contribution in [1.82, 2.24) is 19.3 Å². The molecule has 0 unspecified atom stereocenters. The fourth-order valence-electron chi connectivity index (χ4n) is 2.41. The molecule has 1 fully saturated rings. The molecule has 2 amide bonds. The average molecular weight is 293 g/mol. The summed E-state index contributed by atoms with van der Waals surface area (Å²) in [6.07, 6.45) is 1.74. The molecule has 0 saturated carbocycles. The van der Waals surface area contributed by atoms with Crippen molar-refractivity contribution in [3.8, 4) is 0 Å². The summed E-state index contributed by atoms with van der Waals surface area (Å²) in [5.74, 6) is 0.0813. The summed E-state index contributed by atoms with van der Waals surface area (Å²) in [6.45, 7) is 3.10. The van der Waals surface area contributed by atoms with Crippen molar-refractivity contribution in [2.75, 3.05) is 52.6 Å². The SMILES string of the molecule is CN(C)C(=O)CN1CCN(C(=O)c2cc(N)cn2C)CC1. The average Bonchev–Trinajstić information content (AvgIpc) is 2.77. The summed E-state index contributed by atoms with van der Waals surface area (Å²) in [4.78, 5) is 29.6. The molecule has 0 atom stereocenters. The van der Waals surface area contributed by atoms with E-state index in [1.165, 1.54) is 0 Å². The highest BCUT2D eigenvalue weighted by Crippen LogP contribution is 2.13. The first-order valence-corrected chi connectivity index (χ1v) is 7.02. The zero-order valence-electron chi connectivity index (χ0n) is 12.9. The fraction of sp³-hybridized carbons (Fsp3) is 0.571. The third-order valence-electron chi connectivity index (χ3n) is 3.76. The van der Waals surface area contributed by atoms with Crippen molar-refractivity contribution >= 4 is 17.5 Å². The van der Waals surface area contributed by atoms with E-state index in [0.717, 1.165) is 0 Å². The molecule has 0 aromatic carbocycles. The number of nitrogen functional groups attached to an aromatic ring is 1. The van der Waals surface area contributed by atoms with E-state index >= 15 is 0 Å². The Hall–Kier alpha value is -2.02. The van der Waals surface area contributed by atoms with Crippen LogP contribution in [0, 0.1) is 0 Å². The predicted molar refractivity (Wildman–Crippen MR) is 80.9 cm³/mol. The van der Waals surface area contributed by atoms with Crippen LogP contribution in [-0.4, -0.2) is 77.9 Å². The number of carbonyl (C=O) groups is 2. The number of hydrogen-bond acceptors (Lipinski definition) is 4. The van der Waals surface area contributed by atoms with Gasteiger partial charge in [-0.15, -0.1) is 0 Å².